The highest BCUT2D eigenvalue weighted by molar-refractivity contribution is 5.88. The molecular weight excluding hydrogens is 315 g/mol. The van der Waals surface area contributed by atoms with Gasteiger partial charge in [-0.3, -0.25) is 9.07 Å². The lowest BCUT2D eigenvalue weighted by Crippen LogP contribution is -2.06. The summed E-state index contributed by atoms with van der Waals surface area (Å²) < 4.78 is 15.0. The average molecular weight is 338 g/mol. The average Bonchev–Trinajstić information content (AvgIpc) is 2.92. The van der Waals surface area contributed by atoms with Crippen LogP contribution in [0.3, 0.4) is 0 Å². The van der Waals surface area contributed by atoms with Crippen molar-refractivity contribution in [3.63, 3.8) is 0 Å². The molecule has 0 saturated heterocycles. The van der Waals surface area contributed by atoms with Crippen molar-refractivity contribution in [2.75, 3.05) is 19.0 Å². The second kappa shape index (κ2) is 6.82. The third-order valence-corrected chi connectivity index (χ3v) is 5.22. The first kappa shape index (κ1) is 16.1. The molecule has 5 heteroatoms. The van der Waals surface area contributed by atoms with Crippen LogP contribution in [0.15, 0.2) is 36.7 Å². The Morgan fingerprint density at radius 2 is 2.16 bits per heavy atom. The highest BCUT2D eigenvalue weighted by Gasteiger charge is 2.21. The van der Waals surface area contributed by atoms with Crippen LogP contribution in [0.25, 0.3) is 21.9 Å². The van der Waals surface area contributed by atoms with E-state index >= 15 is 0 Å². The SMILES string of the molecule is CNc1cc2cc(-c3cnn4c3CC(CCF)CCC4)ccc2cn1. The second-order valence-corrected chi connectivity index (χ2v) is 6.80. The Kier molecular flexibility index (Phi) is 4.38. The van der Waals surface area contributed by atoms with Gasteiger partial charge in [0.2, 0.25) is 0 Å². The number of pyridine rings is 1. The molecule has 25 heavy (non-hydrogen) atoms. The van der Waals surface area contributed by atoms with Gasteiger partial charge in [-0.15, -0.1) is 0 Å². The predicted octanol–water partition coefficient (Wildman–Crippen LogP) is 4.45. The van der Waals surface area contributed by atoms with E-state index in [4.69, 9.17) is 0 Å². The number of nitrogens with zero attached hydrogens (tertiary/aromatic N) is 3. The normalized spacial score (nSPS) is 17.3. The summed E-state index contributed by atoms with van der Waals surface area (Å²) in [4.78, 5) is 4.37. The van der Waals surface area contributed by atoms with Gasteiger partial charge in [0.1, 0.15) is 5.82 Å². The number of alkyl halides is 1. The minimum Gasteiger partial charge on any atom is -0.373 e. The molecule has 0 saturated carbocycles. The fourth-order valence-electron chi connectivity index (χ4n) is 3.81. The number of hydrogen-bond acceptors (Lipinski definition) is 3. The molecule has 3 heterocycles. The van der Waals surface area contributed by atoms with Gasteiger partial charge in [-0.2, -0.15) is 5.10 Å². The Balaban J connectivity index is 1.75. The van der Waals surface area contributed by atoms with Crippen LogP contribution in [0, 0.1) is 5.92 Å². The van der Waals surface area contributed by atoms with Gasteiger partial charge in [-0.25, -0.2) is 4.98 Å². The maximum atomic E-state index is 12.8. The van der Waals surface area contributed by atoms with E-state index in [1.807, 2.05) is 19.4 Å². The van der Waals surface area contributed by atoms with Crippen molar-refractivity contribution < 1.29 is 4.39 Å². The summed E-state index contributed by atoms with van der Waals surface area (Å²) >= 11 is 0. The summed E-state index contributed by atoms with van der Waals surface area (Å²) in [6, 6.07) is 8.50. The van der Waals surface area contributed by atoms with Crippen LogP contribution >= 0.6 is 0 Å². The fraction of sp³-hybridized carbons (Fsp3) is 0.400. The Labute approximate surface area is 147 Å². The topological polar surface area (TPSA) is 42.7 Å². The van der Waals surface area contributed by atoms with Crippen molar-refractivity contribution in [1.29, 1.82) is 0 Å². The van der Waals surface area contributed by atoms with Gasteiger partial charge in [0.25, 0.3) is 0 Å². The molecule has 3 aromatic rings. The van der Waals surface area contributed by atoms with Crippen molar-refractivity contribution in [3.8, 4) is 11.1 Å². The Bertz CT molecular complexity index is 887. The van der Waals surface area contributed by atoms with E-state index in [-0.39, 0.29) is 6.67 Å². The number of hydrogen-bond donors (Lipinski definition) is 1. The zero-order chi connectivity index (χ0) is 17.2. The van der Waals surface area contributed by atoms with Gasteiger partial charge in [-0.05, 0) is 54.7 Å². The second-order valence-electron chi connectivity index (χ2n) is 6.80. The molecule has 1 aromatic carbocycles. The summed E-state index contributed by atoms with van der Waals surface area (Å²) in [5.41, 5.74) is 3.59. The number of anilines is 1. The largest absolute Gasteiger partial charge is 0.373 e. The number of aryl methyl sites for hydroxylation is 1. The fourth-order valence-corrected chi connectivity index (χ4v) is 3.81. The zero-order valence-electron chi connectivity index (χ0n) is 14.5. The van der Waals surface area contributed by atoms with Gasteiger partial charge < -0.3 is 5.32 Å². The lowest BCUT2D eigenvalue weighted by atomic mass is 9.93. The summed E-state index contributed by atoms with van der Waals surface area (Å²) in [7, 11) is 1.88. The quantitative estimate of drug-likeness (QED) is 0.764. The van der Waals surface area contributed by atoms with Gasteiger partial charge in [0.05, 0.1) is 12.9 Å². The standard InChI is InChI=1S/C20H23FN4/c1-22-20-11-17-10-15(4-5-16(17)12-23-20)18-13-24-25-8-2-3-14(6-7-21)9-19(18)25/h4-5,10-14H,2-3,6-9H2,1H3,(H,22,23). The van der Waals surface area contributed by atoms with Crippen LogP contribution in [0.5, 0.6) is 0 Å². The van der Waals surface area contributed by atoms with E-state index < -0.39 is 0 Å². The lowest BCUT2D eigenvalue weighted by Gasteiger charge is -2.13. The van der Waals surface area contributed by atoms with Gasteiger partial charge in [-0.1, -0.05) is 12.1 Å². The van der Waals surface area contributed by atoms with Crippen molar-refractivity contribution in [1.82, 2.24) is 14.8 Å². The first-order valence-electron chi connectivity index (χ1n) is 8.97. The summed E-state index contributed by atoms with van der Waals surface area (Å²) in [6.45, 7) is 0.698. The molecule has 1 atom stereocenters. The molecule has 0 radical (unpaired) electrons. The van der Waals surface area contributed by atoms with Crippen LogP contribution in [-0.2, 0) is 13.0 Å². The molecule has 0 spiro atoms. The highest BCUT2D eigenvalue weighted by Crippen LogP contribution is 2.32. The Hall–Kier alpha value is -2.43. The molecule has 0 amide bonds. The molecule has 130 valence electrons. The number of fused-ring (bicyclic) bond motifs is 2. The van der Waals surface area contributed by atoms with E-state index in [1.54, 1.807) is 0 Å². The maximum Gasteiger partial charge on any atom is 0.126 e. The maximum absolute atomic E-state index is 12.8. The third-order valence-electron chi connectivity index (χ3n) is 5.22. The number of nitrogens with one attached hydrogen (secondary N) is 1. The minimum atomic E-state index is -0.232. The van der Waals surface area contributed by atoms with Crippen LogP contribution in [0.1, 0.15) is 25.0 Å². The van der Waals surface area contributed by atoms with E-state index in [0.717, 1.165) is 42.4 Å². The summed E-state index contributed by atoms with van der Waals surface area (Å²) in [5.74, 6) is 1.28. The van der Waals surface area contributed by atoms with Crippen LogP contribution < -0.4 is 5.32 Å². The molecule has 1 N–H and O–H groups in total. The minimum absolute atomic E-state index is 0.232. The van der Waals surface area contributed by atoms with Crippen molar-refractivity contribution >= 4 is 16.6 Å². The number of rotatable bonds is 4. The molecule has 1 aliphatic heterocycles. The van der Waals surface area contributed by atoms with Crippen LogP contribution in [-0.4, -0.2) is 28.5 Å². The van der Waals surface area contributed by atoms with Crippen molar-refractivity contribution in [2.45, 2.75) is 32.2 Å². The summed E-state index contributed by atoms with van der Waals surface area (Å²) in [6.07, 6.45) is 7.58. The molecule has 2 aromatic heterocycles. The first-order valence-corrected chi connectivity index (χ1v) is 8.97. The van der Waals surface area contributed by atoms with E-state index in [0.29, 0.717) is 12.3 Å². The molecule has 0 aliphatic carbocycles. The Morgan fingerprint density at radius 3 is 3.00 bits per heavy atom. The monoisotopic (exact) mass is 338 g/mol. The predicted molar refractivity (Wildman–Crippen MR) is 99.5 cm³/mol. The van der Waals surface area contributed by atoms with Crippen molar-refractivity contribution in [3.05, 3.63) is 42.4 Å². The zero-order valence-corrected chi connectivity index (χ0v) is 14.5. The number of benzene rings is 1. The highest BCUT2D eigenvalue weighted by atomic mass is 19.1. The molecule has 0 fully saturated rings. The van der Waals surface area contributed by atoms with E-state index in [1.165, 1.54) is 16.8 Å². The smallest absolute Gasteiger partial charge is 0.126 e. The molecule has 4 rings (SSSR count). The number of aromatic nitrogens is 3. The number of halogens is 1. The third kappa shape index (κ3) is 3.11. The molecular formula is C20H23FN4. The van der Waals surface area contributed by atoms with E-state index in [9.17, 15) is 4.39 Å². The van der Waals surface area contributed by atoms with Crippen LogP contribution in [0.4, 0.5) is 10.2 Å². The summed E-state index contributed by atoms with van der Waals surface area (Å²) in [5, 5.41) is 9.97. The van der Waals surface area contributed by atoms with Gasteiger partial charge in [0.15, 0.2) is 0 Å². The molecule has 4 nitrogen and oxygen atoms in total. The Morgan fingerprint density at radius 1 is 1.24 bits per heavy atom. The lowest BCUT2D eigenvalue weighted by molar-refractivity contribution is 0.367. The molecule has 0 bridgehead atoms. The molecule has 1 aliphatic rings. The molecule has 1 unspecified atom stereocenters. The van der Waals surface area contributed by atoms with Gasteiger partial charge >= 0.3 is 0 Å². The van der Waals surface area contributed by atoms with Gasteiger partial charge in [0, 0.05) is 36.4 Å². The first-order chi connectivity index (χ1) is 12.3. The van der Waals surface area contributed by atoms with Crippen molar-refractivity contribution in [2.24, 2.45) is 5.92 Å². The van der Waals surface area contributed by atoms with E-state index in [2.05, 4.69) is 44.3 Å². The van der Waals surface area contributed by atoms with Crippen LogP contribution in [0.2, 0.25) is 0 Å².